The fraction of sp³-hybridized carbons (Fsp3) is 0.273. The summed E-state index contributed by atoms with van der Waals surface area (Å²) in [6.45, 7) is 0.140. The minimum atomic E-state index is -0.566. The summed E-state index contributed by atoms with van der Waals surface area (Å²) in [7, 11) is 0. The minimum absolute atomic E-state index is 0.00989. The fourth-order valence-corrected chi connectivity index (χ4v) is 1.23. The maximum absolute atomic E-state index is 11.1. The predicted molar refractivity (Wildman–Crippen MR) is 54.5 cm³/mol. The van der Waals surface area contributed by atoms with Gasteiger partial charge in [0.25, 0.3) is 0 Å². The molecule has 6 nitrogen and oxygen atoms in total. The quantitative estimate of drug-likeness (QED) is 0.785. The van der Waals surface area contributed by atoms with Crippen molar-refractivity contribution < 1.29 is 24.1 Å². The molecular formula is C11H11NO5. The fourth-order valence-electron chi connectivity index (χ4n) is 1.23. The van der Waals surface area contributed by atoms with Gasteiger partial charge in [-0.1, -0.05) is 30.3 Å². The highest BCUT2D eigenvalue weighted by atomic mass is 17.2. The van der Waals surface area contributed by atoms with Crippen LogP contribution >= 0.6 is 0 Å². The summed E-state index contributed by atoms with van der Waals surface area (Å²) in [5, 5.41) is 0.463. The maximum atomic E-state index is 11.1. The molecule has 1 aliphatic heterocycles. The Morgan fingerprint density at radius 1 is 1.06 bits per heavy atom. The molecule has 17 heavy (non-hydrogen) atoms. The molecule has 0 atom stereocenters. The summed E-state index contributed by atoms with van der Waals surface area (Å²) in [4.78, 5) is 36.5. The summed E-state index contributed by atoms with van der Waals surface area (Å²) < 4.78 is 0. The second kappa shape index (κ2) is 5.42. The van der Waals surface area contributed by atoms with Crippen molar-refractivity contribution in [2.45, 2.75) is 19.4 Å². The van der Waals surface area contributed by atoms with E-state index >= 15 is 0 Å². The average Bonchev–Trinajstić information content (AvgIpc) is 2.50. The normalized spacial score (nSPS) is 17.2. The van der Waals surface area contributed by atoms with Crippen molar-refractivity contribution in [1.29, 1.82) is 0 Å². The van der Waals surface area contributed by atoms with E-state index < -0.39 is 11.9 Å². The zero-order valence-corrected chi connectivity index (χ0v) is 9.00. The van der Waals surface area contributed by atoms with Gasteiger partial charge in [-0.25, -0.2) is 4.84 Å². The van der Waals surface area contributed by atoms with Gasteiger partial charge in [0.15, 0.2) is 5.39 Å². The molecule has 1 fully saturated rings. The second-order valence-corrected chi connectivity index (χ2v) is 3.41. The third-order valence-electron chi connectivity index (χ3n) is 2.07. The zero-order valence-electron chi connectivity index (χ0n) is 9.00. The lowest BCUT2D eigenvalue weighted by Crippen LogP contribution is -2.27. The number of nitrogens with zero attached hydrogens (tertiary/aromatic N) is 1. The van der Waals surface area contributed by atoms with Crippen molar-refractivity contribution >= 4 is 11.9 Å². The maximum Gasteiger partial charge on any atom is 0.332 e. The standard InChI is InChI=1S/C11H11NO5/c13-10-6-7-11(14)17-12(16-10)15-8-9-4-2-1-3-5-9/h1-5H,6-8H2. The van der Waals surface area contributed by atoms with Crippen LogP contribution in [0.4, 0.5) is 0 Å². The van der Waals surface area contributed by atoms with Crippen LogP contribution in [0.2, 0.25) is 0 Å². The van der Waals surface area contributed by atoms with Crippen LogP contribution in [0, 0.1) is 0 Å². The molecule has 0 aliphatic carbocycles. The number of hydrogen-bond donors (Lipinski definition) is 0. The number of carbonyl (C=O) groups excluding carboxylic acids is 2. The molecule has 1 heterocycles. The van der Waals surface area contributed by atoms with Crippen LogP contribution in [0.3, 0.4) is 0 Å². The number of benzene rings is 1. The van der Waals surface area contributed by atoms with Crippen LogP contribution in [0.25, 0.3) is 0 Å². The lowest BCUT2D eigenvalue weighted by molar-refractivity contribution is -0.487. The van der Waals surface area contributed by atoms with Crippen molar-refractivity contribution in [3.8, 4) is 0 Å². The first-order valence-corrected chi connectivity index (χ1v) is 5.12. The van der Waals surface area contributed by atoms with Gasteiger partial charge >= 0.3 is 11.9 Å². The van der Waals surface area contributed by atoms with Crippen molar-refractivity contribution in [2.75, 3.05) is 0 Å². The zero-order chi connectivity index (χ0) is 12.1. The van der Waals surface area contributed by atoms with Crippen LogP contribution in [-0.4, -0.2) is 17.3 Å². The first kappa shape index (κ1) is 11.6. The summed E-state index contributed by atoms with van der Waals surface area (Å²) >= 11 is 0. The van der Waals surface area contributed by atoms with Gasteiger partial charge in [-0.15, -0.1) is 0 Å². The Balaban J connectivity index is 1.89. The van der Waals surface area contributed by atoms with Gasteiger partial charge in [-0.2, -0.15) is 0 Å². The second-order valence-electron chi connectivity index (χ2n) is 3.41. The van der Waals surface area contributed by atoms with E-state index in [1.54, 1.807) is 0 Å². The average molecular weight is 237 g/mol. The van der Waals surface area contributed by atoms with Crippen molar-refractivity contribution in [3.63, 3.8) is 0 Å². The molecule has 1 aromatic carbocycles. The molecular weight excluding hydrogens is 226 g/mol. The van der Waals surface area contributed by atoms with Gasteiger partial charge in [-0.05, 0) is 5.56 Å². The largest absolute Gasteiger partial charge is 0.332 e. The molecule has 1 aliphatic rings. The predicted octanol–water partition coefficient (Wildman–Crippen LogP) is 1.13. The topological polar surface area (TPSA) is 65.1 Å². The molecule has 6 heteroatoms. The van der Waals surface area contributed by atoms with Crippen LogP contribution in [0.1, 0.15) is 18.4 Å². The van der Waals surface area contributed by atoms with Gasteiger partial charge < -0.3 is 9.68 Å². The number of hydrogen-bond acceptors (Lipinski definition) is 6. The number of carbonyl (C=O) groups is 2. The Labute approximate surface area is 97.5 Å². The van der Waals surface area contributed by atoms with Gasteiger partial charge in [0.05, 0.1) is 12.8 Å². The first-order chi connectivity index (χ1) is 8.24. The Hall–Kier alpha value is -1.92. The van der Waals surface area contributed by atoms with Crippen molar-refractivity contribution in [3.05, 3.63) is 35.9 Å². The van der Waals surface area contributed by atoms with Gasteiger partial charge in [-0.3, -0.25) is 9.59 Å². The SMILES string of the molecule is O=C1CCC(=O)ON(OCc2ccccc2)O1. The highest BCUT2D eigenvalue weighted by Gasteiger charge is 2.24. The van der Waals surface area contributed by atoms with E-state index in [-0.39, 0.29) is 19.4 Å². The molecule has 1 saturated heterocycles. The lowest BCUT2D eigenvalue weighted by atomic mass is 10.2. The molecule has 0 saturated carbocycles. The third kappa shape index (κ3) is 3.54. The molecule has 0 unspecified atom stereocenters. The van der Waals surface area contributed by atoms with E-state index in [1.165, 1.54) is 0 Å². The molecule has 90 valence electrons. The van der Waals surface area contributed by atoms with Crippen molar-refractivity contribution in [2.24, 2.45) is 0 Å². The van der Waals surface area contributed by atoms with E-state index in [4.69, 9.17) is 4.84 Å². The summed E-state index contributed by atoms with van der Waals surface area (Å²) in [5.41, 5.74) is 0.865. The van der Waals surface area contributed by atoms with Gasteiger partial charge in [0, 0.05) is 0 Å². The first-order valence-electron chi connectivity index (χ1n) is 5.12. The van der Waals surface area contributed by atoms with E-state index in [1.807, 2.05) is 30.3 Å². The monoisotopic (exact) mass is 237 g/mol. The number of rotatable bonds is 3. The lowest BCUT2D eigenvalue weighted by Gasteiger charge is -2.14. The van der Waals surface area contributed by atoms with Gasteiger partial charge in [0.1, 0.15) is 6.61 Å². The van der Waals surface area contributed by atoms with E-state index in [0.717, 1.165) is 5.56 Å². The molecule has 2 rings (SSSR count). The summed E-state index contributed by atoms with van der Waals surface area (Å²) in [6, 6.07) is 9.23. The van der Waals surface area contributed by atoms with Crippen LogP contribution < -0.4 is 0 Å². The Morgan fingerprint density at radius 3 is 2.24 bits per heavy atom. The highest BCUT2D eigenvalue weighted by Crippen LogP contribution is 2.10. The van der Waals surface area contributed by atoms with Crippen LogP contribution in [0.15, 0.2) is 30.3 Å². The Kier molecular flexibility index (Phi) is 3.69. The van der Waals surface area contributed by atoms with Gasteiger partial charge in [0.2, 0.25) is 0 Å². The molecule has 0 spiro atoms. The van der Waals surface area contributed by atoms with Crippen LogP contribution in [-0.2, 0) is 30.7 Å². The smallest absolute Gasteiger partial charge is 0.309 e. The molecule has 0 bridgehead atoms. The van der Waals surface area contributed by atoms with Crippen LogP contribution in [0.5, 0.6) is 0 Å². The van der Waals surface area contributed by atoms with E-state index in [2.05, 4.69) is 9.68 Å². The molecule has 0 amide bonds. The summed E-state index contributed by atoms with van der Waals surface area (Å²) in [6.07, 6.45) is -0.0198. The Morgan fingerprint density at radius 2 is 1.65 bits per heavy atom. The highest BCUT2D eigenvalue weighted by molar-refractivity contribution is 5.78. The third-order valence-corrected chi connectivity index (χ3v) is 2.07. The molecule has 0 aromatic heterocycles. The molecule has 0 N–H and O–H groups in total. The summed E-state index contributed by atoms with van der Waals surface area (Å²) in [5.74, 6) is -1.13. The Bertz CT molecular complexity index is 388. The minimum Gasteiger partial charge on any atom is -0.309 e. The van der Waals surface area contributed by atoms with E-state index in [9.17, 15) is 9.59 Å². The molecule has 1 aromatic rings. The van der Waals surface area contributed by atoms with E-state index in [0.29, 0.717) is 5.39 Å². The van der Waals surface area contributed by atoms with Crippen molar-refractivity contribution in [1.82, 2.24) is 5.39 Å². The molecule has 0 radical (unpaired) electrons.